The molecule has 1 aliphatic heterocycles. The van der Waals surface area contributed by atoms with Crippen molar-refractivity contribution in [3.05, 3.63) is 82.9 Å². The highest BCUT2D eigenvalue weighted by Crippen LogP contribution is 2.27. The van der Waals surface area contributed by atoms with E-state index in [9.17, 15) is 9.59 Å². The highest BCUT2D eigenvalue weighted by atomic mass is 16.4. The Morgan fingerprint density at radius 3 is 2.74 bits per heavy atom. The summed E-state index contributed by atoms with van der Waals surface area (Å²) in [5, 5.41) is 11.5. The van der Waals surface area contributed by atoms with Crippen molar-refractivity contribution >= 4 is 17.6 Å². The number of carboxylic acid groups (broad SMARTS) is 1. The molecule has 0 bridgehead atoms. The molecule has 0 atom stereocenters. The van der Waals surface area contributed by atoms with E-state index in [4.69, 9.17) is 16.5 Å². The summed E-state index contributed by atoms with van der Waals surface area (Å²) in [4.78, 5) is 32.5. The van der Waals surface area contributed by atoms with Crippen molar-refractivity contribution in [2.24, 2.45) is 4.99 Å². The lowest BCUT2D eigenvalue weighted by Crippen LogP contribution is -2.26. The van der Waals surface area contributed by atoms with Crippen LogP contribution in [-0.2, 0) is 11.3 Å². The molecule has 31 heavy (non-hydrogen) atoms. The third-order valence-corrected chi connectivity index (χ3v) is 5.05. The molecule has 0 fully saturated rings. The molecule has 2 heterocycles. The average Bonchev–Trinajstić information content (AvgIpc) is 3.14. The maximum atomic E-state index is 12.7. The number of carbonyl (C=O) groups excluding carboxylic acids is 1. The van der Waals surface area contributed by atoms with Crippen LogP contribution in [0.15, 0.2) is 59.9 Å². The van der Waals surface area contributed by atoms with E-state index in [0.29, 0.717) is 12.1 Å². The van der Waals surface area contributed by atoms with Gasteiger partial charge < -0.3 is 10.4 Å². The first-order valence-electron chi connectivity index (χ1n) is 9.86. The van der Waals surface area contributed by atoms with Crippen molar-refractivity contribution in [1.29, 1.82) is 0 Å². The number of fused-ring (bicyclic) bond motifs is 3. The highest BCUT2D eigenvalue weighted by molar-refractivity contribution is 6.15. The van der Waals surface area contributed by atoms with Gasteiger partial charge in [-0.3, -0.25) is 19.1 Å². The van der Waals surface area contributed by atoms with Crippen molar-refractivity contribution in [1.82, 2.24) is 14.9 Å². The summed E-state index contributed by atoms with van der Waals surface area (Å²) < 4.78 is 1.86. The van der Waals surface area contributed by atoms with Crippen molar-refractivity contribution in [2.45, 2.75) is 19.4 Å². The Hall–Kier alpha value is -4.18. The van der Waals surface area contributed by atoms with Crippen LogP contribution in [0.3, 0.4) is 0 Å². The number of amides is 1. The first-order chi connectivity index (χ1) is 15.1. The Balaban J connectivity index is 1.73. The first kappa shape index (κ1) is 20.1. The van der Waals surface area contributed by atoms with Gasteiger partial charge in [-0.2, -0.15) is 0 Å². The maximum Gasteiger partial charge on any atom is 0.303 e. The van der Waals surface area contributed by atoms with Gasteiger partial charge in [-0.15, -0.1) is 6.42 Å². The van der Waals surface area contributed by atoms with E-state index < -0.39 is 5.97 Å². The molecule has 1 amide bonds. The van der Waals surface area contributed by atoms with Crippen LogP contribution in [-0.4, -0.2) is 38.8 Å². The summed E-state index contributed by atoms with van der Waals surface area (Å²) in [5.74, 6) is 1.43. The summed E-state index contributed by atoms with van der Waals surface area (Å²) in [6.45, 7) is 0.528. The zero-order chi connectivity index (χ0) is 21.8. The maximum absolute atomic E-state index is 12.7. The fraction of sp³-hybridized carbons (Fsp3) is 0.167. The SMILES string of the molecule is C#Cc1ccc2c(c1)C(c1ccccc1)=NCc1c(C(=O)NCCCC(=O)O)ncn1-2. The van der Waals surface area contributed by atoms with E-state index in [2.05, 4.69) is 16.2 Å². The lowest BCUT2D eigenvalue weighted by Gasteiger charge is -2.12. The molecular weight excluding hydrogens is 392 g/mol. The predicted molar refractivity (Wildman–Crippen MR) is 116 cm³/mol. The van der Waals surface area contributed by atoms with Crippen LogP contribution in [0.1, 0.15) is 45.7 Å². The number of carboxylic acids is 1. The third kappa shape index (κ3) is 4.09. The zero-order valence-corrected chi connectivity index (χ0v) is 16.7. The highest BCUT2D eigenvalue weighted by Gasteiger charge is 2.24. The zero-order valence-electron chi connectivity index (χ0n) is 16.7. The van der Waals surface area contributed by atoms with Gasteiger partial charge in [-0.1, -0.05) is 36.3 Å². The molecular formula is C24H20N4O3. The number of hydrogen-bond donors (Lipinski definition) is 2. The smallest absolute Gasteiger partial charge is 0.303 e. The minimum absolute atomic E-state index is 0.00278. The number of aromatic nitrogens is 2. The Kier molecular flexibility index (Phi) is 5.63. The third-order valence-electron chi connectivity index (χ3n) is 5.05. The minimum atomic E-state index is -0.893. The van der Waals surface area contributed by atoms with Gasteiger partial charge in [-0.05, 0) is 24.6 Å². The van der Waals surface area contributed by atoms with Gasteiger partial charge in [-0.25, -0.2) is 4.98 Å². The molecule has 2 N–H and O–H groups in total. The van der Waals surface area contributed by atoms with E-state index in [0.717, 1.165) is 28.1 Å². The standard InChI is InChI=1S/C24H20N4O3/c1-2-16-10-11-19-18(13-16)22(17-7-4-3-5-8-17)26-14-20-23(27-15-28(19)20)24(31)25-12-6-9-21(29)30/h1,3-5,7-8,10-11,13,15H,6,9,12,14H2,(H,25,31)(H,29,30). The molecule has 1 aliphatic rings. The van der Waals surface area contributed by atoms with Crippen LogP contribution in [0.2, 0.25) is 0 Å². The van der Waals surface area contributed by atoms with Gasteiger partial charge in [0.2, 0.25) is 0 Å². The number of nitrogens with one attached hydrogen (secondary N) is 1. The number of benzene rings is 2. The molecule has 7 heteroatoms. The van der Waals surface area contributed by atoms with Crippen molar-refractivity contribution in [3.63, 3.8) is 0 Å². The van der Waals surface area contributed by atoms with E-state index in [-0.39, 0.29) is 31.1 Å². The molecule has 0 spiro atoms. The molecule has 0 saturated carbocycles. The van der Waals surface area contributed by atoms with Crippen LogP contribution in [0, 0.1) is 12.3 Å². The van der Waals surface area contributed by atoms with E-state index in [1.165, 1.54) is 0 Å². The summed E-state index contributed by atoms with van der Waals surface area (Å²) in [5.41, 5.74) is 5.14. The Bertz CT molecular complexity index is 1220. The fourth-order valence-electron chi connectivity index (χ4n) is 3.55. The monoisotopic (exact) mass is 412 g/mol. The molecule has 0 unspecified atom stereocenters. The molecule has 0 aliphatic carbocycles. The van der Waals surface area contributed by atoms with E-state index in [1.54, 1.807) is 6.33 Å². The first-order valence-corrected chi connectivity index (χ1v) is 9.86. The van der Waals surface area contributed by atoms with Gasteiger partial charge in [0, 0.05) is 29.7 Å². The second kappa shape index (κ2) is 8.67. The Morgan fingerprint density at radius 2 is 2.00 bits per heavy atom. The van der Waals surface area contributed by atoms with E-state index >= 15 is 0 Å². The van der Waals surface area contributed by atoms with Crippen LogP contribution in [0.25, 0.3) is 5.69 Å². The topological polar surface area (TPSA) is 96.6 Å². The van der Waals surface area contributed by atoms with Crippen LogP contribution < -0.4 is 5.32 Å². The molecule has 154 valence electrons. The second-order valence-corrected chi connectivity index (χ2v) is 7.07. The largest absolute Gasteiger partial charge is 0.481 e. The van der Waals surface area contributed by atoms with Crippen molar-refractivity contribution in [2.75, 3.05) is 6.54 Å². The number of hydrogen-bond acceptors (Lipinski definition) is 4. The molecule has 1 aromatic heterocycles. The summed E-state index contributed by atoms with van der Waals surface area (Å²) in [6, 6.07) is 15.5. The Labute approximate surface area is 179 Å². The van der Waals surface area contributed by atoms with Crippen molar-refractivity contribution < 1.29 is 14.7 Å². The molecule has 2 aromatic carbocycles. The van der Waals surface area contributed by atoms with E-state index in [1.807, 2.05) is 53.1 Å². The summed E-state index contributed by atoms with van der Waals surface area (Å²) in [6.07, 6.45) is 7.58. The van der Waals surface area contributed by atoms with Crippen LogP contribution in [0.4, 0.5) is 0 Å². The van der Waals surface area contributed by atoms with Crippen LogP contribution >= 0.6 is 0 Å². The predicted octanol–water partition coefficient (Wildman–Crippen LogP) is 2.80. The van der Waals surface area contributed by atoms with Gasteiger partial charge in [0.1, 0.15) is 6.33 Å². The van der Waals surface area contributed by atoms with Crippen molar-refractivity contribution in [3.8, 4) is 18.0 Å². The second-order valence-electron chi connectivity index (χ2n) is 7.07. The van der Waals surface area contributed by atoms with Gasteiger partial charge in [0.05, 0.1) is 23.6 Å². The molecule has 0 radical (unpaired) electrons. The number of carbonyl (C=O) groups is 2. The lowest BCUT2D eigenvalue weighted by atomic mass is 9.98. The summed E-state index contributed by atoms with van der Waals surface area (Å²) in [7, 11) is 0. The normalized spacial score (nSPS) is 12.0. The quantitative estimate of drug-likeness (QED) is 0.481. The number of rotatable bonds is 6. The number of aliphatic imine (C=N–C) groups is 1. The van der Waals surface area contributed by atoms with Gasteiger partial charge >= 0.3 is 5.97 Å². The van der Waals surface area contributed by atoms with Gasteiger partial charge in [0.15, 0.2) is 5.69 Å². The Morgan fingerprint density at radius 1 is 1.19 bits per heavy atom. The number of aliphatic carboxylic acids is 1. The molecule has 3 aromatic rings. The number of imidazole rings is 1. The van der Waals surface area contributed by atoms with Gasteiger partial charge in [0.25, 0.3) is 5.91 Å². The summed E-state index contributed by atoms with van der Waals surface area (Å²) >= 11 is 0. The molecule has 0 saturated heterocycles. The number of nitrogens with zero attached hydrogens (tertiary/aromatic N) is 3. The minimum Gasteiger partial charge on any atom is -0.481 e. The lowest BCUT2D eigenvalue weighted by molar-refractivity contribution is -0.137. The molecule has 7 nitrogen and oxygen atoms in total. The van der Waals surface area contributed by atoms with Crippen LogP contribution in [0.5, 0.6) is 0 Å². The molecule has 4 rings (SSSR count). The fourth-order valence-corrected chi connectivity index (χ4v) is 3.55. The average molecular weight is 412 g/mol. The number of terminal acetylenes is 1.